The minimum Gasteiger partial charge on any atom is -0.497 e. The number of carbonyl (C=O) groups is 1. The van der Waals surface area contributed by atoms with E-state index in [4.69, 9.17) is 4.74 Å². The average Bonchev–Trinajstić information content (AvgIpc) is 2.62. The zero-order valence-electron chi connectivity index (χ0n) is 14.6. The molecule has 6 heteroatoms. The van der Waals surface area contributed by atoms with Gasteiger partial charge in [-0.3, -0.25) is 4.79 Å². The predicted molar refractivity (Wildman–Crippen MR) is 93.8 cm³/mol. The van der Waals surface area contributed by atoms with Crippen LogP contribution in [0.15, 0.2) is 48.5 Å². The Morgan fingerprint density at radius 2 is 1.88 bits per heavy atom. The monoisotopic (exact) mass is 346 g/mol. The molecule has 0 radical (unpaired) electrons. The number of aliphatic hydroxyl groups is 1. The van der Waals surface area contributed by atoms with Gasteiger partial charge in [-0.25, -0.2) is 4.39 Å². The van der Waals surface area contributed by atoms with E-state index in [0.717, 1.165) is 5.56 Å². The summed E-state index contributed by atoms with van der Waals surface area (Å²) in [6, 6.07) is 12.7. The maximum absolute atomic E-state index is 13.1. The van der Waals surface area contributed by atoms with Gasteiger partial charge in [0, 0.05) is 6.54 Å². The molecule has 0 aliphatic heterocycles. The molecule has 2 N–H and O–H groups in total. The van der Waals surface area contributed by atoms with E-state index in [1.807, 2.05) is 19.0 Å². The maximum Gasteiger partial charge on any atom is 0.253 e. The lowest BCUT2D eigenvalue weighted by molar-refractivity contribution is -0.129. The van der Waals surface area contributed by atoms with Crippen LogP contribution < -0.4 is 10.1 Å². The van der Waals surface area contributed by atoms with E-state index < -0.39 is 12.0 Å². The summed E-state index contributed by atoms with van der Waals surface area (Å²) in [5.74, 6) is -0.234. The number of nitrogens with zero attached hydrogens (tertiary/aromatic N) is 1. The topological polar surface area (TPSA) is 61.8 Å². The number of benzene rings is 2. The molecule has 2 aromatic carbocycles. The Hall–Kier alpha value is -2.44. The SMILES string of the molecule is COc1cccc(C(O)C(=O)NCC(c2ccc(F)cc2)N(C)C)c1. The summed E-state index contributed by atoms with van der Waals surface area (Å²) in [4.78, 5) is 14.2. The highest BCUT2D eigenvalue weighted by Crippen LogP contribution is 2.21. The van der Waals surface area contributed by atoms with Crippen molar-refractivity contribution in [3.05, 3.63) is 65.5 Å². The lowest BCUT2D eigenvalue weighted by Gasteiger charge is -2.25. The van der Waals surface area contributed by atoms with E-state index in [-0.39, 0.29) is 11.9 Å². The lowest BCUT2D eigenvalue weighted by atomic mass is 10.0. The van der Waals surface area contributed by atoms with Crippen LogP contribution in [0.1, 0.15) is 23.3 Å². The van der Waals surface area contributed by atoms with E-state index in [0.29, 0.717) is 17.9 Å². The van der Waals surface area contributed by atoms with E-state index in [2.05, 4.69) is 5.32 Å². The van der Waals surface area contributed by atoms with E-state index in [1.54, 1.807) is 36.4 Å². The van der Waals surface area contributed by atoms with Crippen LogP contribution in [0, 0.1) is 5.82 Å². The lowest BCUT2D eigenvalue weighted by Crippen LogP contribution is -2.37. The highest BCUT2D eigenvalue weighted by atomic mass is 19.1. The second-order valence-electron chi connectivity index (χ2n) is 5.96. The molecule has 2 aromatic rings. The number of carbonyl (C=O) groups excluding carboxylic acids is 1. The molecule has 0 aliphatic carbocycles. The molecule has 0 bridgehead atoms. The molecule has 0 saturated carbocycles. The summed E-state index contributed by atoms with van der Waals surface area (Å²) >= 11 is 0. The first-order chi connectivity index (χ1) is 11.9. The molecule has 2 unspecified atom stereocenters. The molecule has 2 atom stereocenters. The Labute approximate surface area is 147 Å². The molecule has 0 heterocycles. The Bertz CT molecular complexity index is 704. The minimum atomic E-state index is -1.29. The van der Waals surface area contributed by atoms with Gasteiger partial charge in [0.25, 0.3) is 5.91 Å². The number of rotatable bonds is 7. The normalized spacial score (nSPS) is 13.4. The van der Waals surface area contributed by atoms with Gasteiger partial charge in [0.2, 0.25) is 0 Å². The fraction of sp³-hybridized carbons (Fsp3) is 0.316. The Balaban J connectivity index is 2.04. The van der Waals surface area contributed by atoms with Crippen LogP contribution in [-0.4, -0.2) is 43.7 Å². The van der Waals surface area contributed by atoms with E-state index in [1.165, 1.54) is 19.2 Å². The Morgan fingerprint density at radius 1 is 1.20 bits per heavy atom. The van der Waals surface area contributed by atoms with Gasteiger partial charge in [0.05, 0.1) is 13.2 Å². The van der Waals surface area contributed by atoms with E-state index in [9.17, 15) is 14.3 Å². The van der Waals surface area contributed by atoms with Crippen LogP contribution in [0.3, 0.4) is 0 Å². The zero-order valence-corrected chi connectivity index (χ0v) is 14.6. The molecule has 2 rings (SSSR count). The van der Waals surface area contributed by atoms with Gasteiger partial charge < -0.3 is 20.1 Å². The van der Waals surface area contributed by atoms with Crippen molar-refractivity contribution in [2.75, 3.05) is 27.7 Å². The third-order valence-corrected chi connectivity index (χ3v) is 4.01. The highest BCUT2D eigenvalue weighted by Gasteiger charge is 2.21. The van der Waals surface area contributed by atoms with Crippen molar-refractivity contribution in [2.24, 2.45) is 0 Å². The Kier molecular flexibility index (Phi) is 6.50. The molecule has 0 aromatic heterocycles. The van der Waals surface area contributed by atoms with Gasteiger partial charge in [-0.1, -0.05) is 24.3 Å². The number of halogens is 1. The van der Waals surface area contributed by atoms with Gasteiger partial charge >= 0.3 is 0 Å². The van der Waals surface area contributed by atoms with E-state index >= 15 is 0 Å². The van der Waals surface area contributed by atoms with Crippen LogP contribution in [0.2, 0.25) is 0 Å². The van der Waals surface area contributed by atoms with Gasteiger partial charge in [0.1, 0.15) is 11.6 Å². The molecule has 0 fully saturated rings. The van der Waals surface area contributed by atoms with Crippen molar-refractivity contribution in [1.29, 1.82) is 0 Å². The number of hydrogen-bond donors (Lipinski definition) is 2. The third kappa shape index (κ3) is 5.01. The predicted octanol–water partition coefficient (Wildman–Crippen LogP) is 2.29. The fourth-order valence-electron chi connectivity index (χ4n) is 2.54. The first kappa shape index (κ1) is 18.9. The number of amides is 1. The number of hydrogen-bond acceptors (Lipinski definition) is 4. The summed E-state index contributed by atoms with van der Waals surface area (Å²) < 4.78 is 18.2. The number of nitrogens with one attached hydrogen (secondary N) is 1. The van der Waals surface area contributed by atoms with Crippen molar-refractivity contribution in [3.63, 3.8) is 0 Å². The summed E-state index contributed by atoms with van der Waals surface area (Å²) in [6.07, 6.45) is -1.29. The molecular weight excluding hydrogens is 323 g/mol. The summed E-state index contributed by atoms with van der Waals surface area (Å²) in [5, 5.41) is 13.0. The fourth-order valence-corrected chi connectivity index (χ4v) is 2.54. The van der Waals surface area contributed by atoms with Crippen molar-refractivity contribution >= 4 is 5.91 Å². The summed E-state index contributed by atoms with van der Waals surface area (Å²) in [7, 11) is 5.27. The van der Waals surface area contributed by atoms with Crippen LogP contribution in [0.5, 0.6) is 5.75 Å². The molecule has 1 amide bonds. The molecular formula is C19H23FN2O3. The van der Waals surface area contributed by atoms with Crippen LogP contribution >= 0.6 is 0 Å². The largest absolute Gasteiger partial charge is 0.497 e. The van der Waals surface area contributed by atoms with Crippen molar-refractivity contribution in [2.45, 2.75) is 12.1 Å². The number of aliphatic hydroxyl groups excluding tert-OH is 1. The molecule has 0 spiro atoms. The second-order valence-corrected chi connectivity index (χ2v) is 5.96. The zero-order chi connectivity index (χ0) is 18.4. The summed E-state index contributed by atoms with van der Waals surface area (Å²) in [5.41, 5.74) is 1.34. The molecule has 25 heavy (non-hydrogen) atoms. The minimum absolute atomic E-state index is 0.137. The highest BCUT2D eigenvalue weighted by molar-refractivity contribution is 5.82. The molecule has 0 aliphatic rings. The number of methoxy groups -OCH3 is 1. The molecule has 0 saturated heterocycles. The summed E-state index contributed by atoms with van der Waals surface area (Å²) in [6.45, 7) is 0.290. The van der Waals surface area contributed by atoms with Gasteiger partial charge in [0.15, 0.2) is 6.10 Å². The average molecular weight is 346 g/mol. The van der Waals surface area contributed by atoms with Crippen LogP contribution in [0.4, 0.5) is 4.39 Å². The third-order valence-electron chi connectivity index (χ3n) is 4.01. The van der Waals surface area contributed by atoms with Crippen molar-refractivity contribution in [1.82, 2.24) is 10.2 Å². The standard InChI is InChI=1S/C19H23FN2O3/c1-22(2)17(13-7-9-15(20)10-8-13)12-21-19(24)18(23)14-5-4-6-16(11-14)25-3/h4-11,17-18,23H,12H2,1-3H3,(H,21,24). The maximum atomic E-state index is 13.1. The number of ether oxygens (including phenoxy) is 1. The van der Waals surface area contributed by atoms with Crippen molar-refractivity contribution in [3.8, 4) is 5.75 Å². The van der Waals surface area contributed by atoms with Crippen molar-refractivity contribution < 1.29 is 19.0 Å². The number of likely N-dealkylation sites (N-methyl/N-ethyl adjacent to an activating group) is 1. The van der Waals surface area contributed by atoms with Gasteiger partial charge in [-0.05, 0) is 49.5 Å². The van der Waals surface area contributed by atoms with Crippen LogP contribution in [-0.2, 0) is 4.79 Å². The van der Waals surface area contributed by atoms with Gasteiger partial charge in [-0.15, -0.1) is 0 Å². The smallest absolute Gasteiger partial charge is 0.253 e. The van der Waals surface area contributed by atoms with Gasteiger partial charge in [-0.2, -0.15) is 0 Å². The Morgan fingerprint density at radius 3 is 2.48 bits per heavy atom. The molecule has 134 valence electrons. The molecule has 5 nitrogen and oxygen atoms in total. The van der Waals surface area contributed by atoms with Crippen LogP contribution in [0.25, 0.3) is 0 Å². The quantitative estimate of drug-likeness (QED) is 0.807. The first-order valence-corrected chi connectivity index (χ1v) is 7.94. The first-order valence-electron chi connectivity index (χ1n) is 7.94. The second kappa shape index (κ2) is 8.60.